The molecule has 1 amide bonds. The Balaban J connectivity index is 2.42. The third-order valence-electron chi connectivity index (χ3n) is 3.69. The molecule has 0 unspecified atom stereocenters. The zero-order valence-corrected chi connectivity index (χ0v) is 12.5. The summed E-state index contributed by atoms with van der Waals surface area (Å²) in [5.41, 5.74) is -1.58. The van der Waals surface area contributed by atoms with Crippen LogP contribution in [0.2, 0.25) is 0 Å². The maximum atomic E-state index is 12.5. The molecule has 0 aromatic heterocycles. The first-order valence-electron chi connectivity index (χ1n) is 6.70. The van der Waals surface area contributed by atoms with Crippen molar-refractivity contribution in [3.8, 4) is 0 Å². The largest absolute Gasteiger partial charge is 0.509 e. The predicted octanol–water partition coefficient (Wildman–Crippen LogP) is 1.36. The molecule has 1 fully saturated rings. The summed E-state index contributed by atoms with van der Waals surface area (Å²) in [7, 11) is 0. The summed E-state index contributed by atoms with van der Waals surface area (Å²) in [5.74, 6) is -1.56. The normalized spacial score (nSPS) is 29.9. The van der Waals surface area contributed by atoms with Crippen LogP contribution in [0.3, 0.4) is 0 Å². The summed E-state index contributed by atoms with van der Waals surface area (Å²) in [6.45, 7) is 9.48. The van der Waals surface area contributed by atoms with Gasteiger partial charge in [0.2, 0.25) is 0 Å². The number of amides is 1. The predicted molar refractivity (Wildman–Crippen MR) is 70.7 cm³/mol. The first-order chi connectivity index (χ1) is 9.14. The molecule has 0 saturated carbocycles. The van der Waals surface area contributed by atoms with Gasteiger partial charge in [0.15, 0.2) is 5.57 Å². The van der Waals surface area contributed by atoms with Crippen LogP contribution in [-0.2, 0) is 19.1 Å². The Morgan fingerprint density at radius 3 is 2.65 bits per heavy atom. The van der Waals surface area contributed by atoms with Crippen LogP contribution in [0.15, 0.2) is 11.3 Å². The van der Waals surface area contributed by atoms with E-state index in [-0.39, 0.29) is 30.0 Å². The minimum Gasteiger partial charge on any atom is -0.509 e. The van der Waals surface area contributed by atoms with E-state index in [0.29, 0.717) is 0 Å². The van der Waals surface area contributed by atoms with Crippen molar-refractivity contribution >= 4 is 11.9 Å². The van der Waals surface area contributed by atoms with Crippen molar-refractivity contribution in [2.75, 3.05) is 13.2 Å². The summed E-state index contributed by atoms with van der Waals surface area (Å²) >= 11 is 0. The monoisotopic (exact) mass is 283 g/mol. The van der Waals surface area contributed by atoms with Crippen molar-refractivity contribution < 1.29 is 24.2 Å². The van der Waals surface area contributed by atoms with Gasteiger partial charge in [0.1, 0.15) is 17.5 Å². The van der Waals surface area contributed by atoms with Crippen LogP contribution in [-0.4, -0.2) is 46.9 Å². The van der Waals surface area contributed by atoms with Gasteiger partial charge in [-0.1, -0.05) is 20.8 Å². The molecule has 1 saturated heterocycles. The number of carbonyl (C=O) groups excluding carboxylic acids is 2. The smallest absolute Gasteiger partial charge is 0.347 e. The number of hydrogen-bond acceptors (Lipinski definition) is 5. The van der Waals surface area contributed by atoms with E-state index in [1.807, 2.05) is 20.8 Å². The number of aliphatic hydroxyl groups is 1. The topological polar surface area (TPSA) is 76.1 Å². The molecule has 0 bridgehead atoms. The maximum Gasteiger partial charge on any atom is 0.347 e. The molecule has 6 heteroatoms. The van der Waals surface area contributed by atoms with Crippen LogP contribution in [0.1, 0.15) is 34.6 Å². The highest BCUT2D eigenvalue weighted by Gasteiger charge is 2.60. The quantitative estimate of drug-likeness (QED) is 0.612. The summed E-state index contributed by atoms with van der Waals surface area (Å²) in [5, 5.41) is 10.3. The number of nitrogens with zero attached hydrogens (tertiary/aromatic N) is 1. The highest BCUT2D eigenvalue weighted by molar-refractivity contribution is 6.19. The fourth-order valence-corrected chi connectivity index (χ4v) is 2.67. The summed E-state index contributed by atoms with van der Waals surface area (Å²) < 4.78 is 10.5. The van der Waals surface area contributed by atoms with Crippen molar-refractivity contribution in [3.05, 3.63) is 11.3 Å². The van der Waals surface area contributed by atoms with Gasteiger partial charge in [-0.2, -0.15) is 0 Å². The van der Waals surface area contributed by atoms with Crippen molar-refractivity contribution in [2.45, 2.75) is 46.4 Å². The fourth-order valence-electron chi connectivity index (χ4n) is 2.67. The number of carbonyl (C=O) groups is 2. The fraction of sp³-hybridized carbons (Fsp3) is 0.714. The van der Waals surface area contributed by atoms with E-state index in [2.05, 4.69) is 0 Å². The average Bonchev–Trinajstić information content (AvgIpc) is 2.75. The third-order valence-corrected chi connectivity index (χ3v) is 3.69. The number of fused-ring (bicyclic) bond motifs is 1. The number of esters is 1. The zero-order chi connectivity index (χ0) is 15.3. The first kappa shape index (κ1) is 14.8. The van der Waals surface area contributed by atoms with Gasteiger partial charge >= 0.3 is 5.97 Å². The Kier molecular flexibility index (Phi) is 3.32. The van der Waals surface area contributed by atoms with Gasteiger partial charge in [0, 0.05) is 5.41 Å². The van der Waals surface area contributed by atoms with Crippen LogP contribution in [0.25, 0.3) is 0 Å². The second-order valence-electron chi connectivity index (χ2n) is 6.42. The molecule has 6 nitrogen and oxygen atoms in total. The van der Waals surface area contributed by atoms with Gasteiger partial charge in [-0.05, 0) is 13.8 Å². The minimum absolute atomic E-state index is 0.152. The Hall–Kier alpha value is -1.56. The minimum atomic E-state index is -0.989. The number of aliphatic hydroxyl groups excluding tert-OH is 1. The van der Waals surface area contributed by atoms with E-state index in [9.17, 15) is 14.7 Å². The van der Waals surface area contributed by atoms with Gasteiger partial charge in [0.25, 0.3) is 5.91 Å². The van der Waals surface area contributed by atoms with Crippen LogP contribution in [0.5, 0.6) is 0 Å². The third kappa shape index (κ3) is 1.90. The van der Waals surface area contributed by atoms with Crippen molar-refractivity contribution in [1.29, 1.82) is 0 Å². The van der Waals surface area contributed by atoms with Crippen LogP contribution >= 0.6 is 0 Å². The molecule has 0 radical (unpaired) electrons. The molecule has 2 aliphatic rings. The second-order valence-corrected chi connectivity index (χ2v) is 6.42. The van der Waals surface area contributed by atoms with E-state index in [0.717, 1.165) is 0 Å². The highest BCUT2D eigenvalue weighted by Crippen LogP contribution is 2.45. The van der Waals surface area contributed by atoms with Gasteiger partial charge < -0.3 is 14.6 Å². The summed E-state index contributed by atoms with van der Waals surface area (Å²) in [6, 6.07) is 0. The Morgan fingerprint density at radius 1 is 1.55 bits per heavy atom. The number of ether oxygens (including phenoxy) is 2. The van der Waals surface area contributed by atoms with Gasteiger partial charge in [0.05, 0.1) is 13.2 Å². The molecule has 2 rings (SSSR count). The number of hydrogen-bond donors (Lipinski definition) is 1. The summed E-state index contributed by atoms with van der Waals surface area (Å²) in [4.78, 5) is 25.8. The molecule has 0 aromatic carbocycles. The van der Waals surface area contributed by atoms with E-state index < -0.39 is 23.6 Å². The van der Waals surface area contributed by atoms with E-state index in [1.165, 1.54) is 4.90 Å². The molecule has 2 atom stereocenters. The Labute approximate surface area is 118 Å². The molecular weight excluding hydrogens is 262 g/mol. The Bertz CT molecular complexity index is 490. The SMILES string of the molecule is CCOC(=O)C1=C(O)[C@]2(C)CO[C@@H](C(C)(C)C)N2C1=O. The molecule has 1 N–H and O–H groups in total. The molecule has 20 heavy (non-hydrogen) atoms. The van der Waals surface area contributed by atoms with Crippen molar-refractivity contribution in [1.82, 2.24) is 4.90 Å². The lowest BCUT2D eigenvalue weighted by atomic mass is 9.92. The standard InChI is InChI=1S/C14H21NO5/c1-6-19-11(18)8-9(16)14(5)7-20-12(13(2,3)4)15(14)10(8)17/h12,16H,6-7H2,1-5H3/t12-,14-/m0/s1. The van der Waals surface area contributed by atoms with Crippen LogP contribution in [0, 0.1) is 5.41 Å². The first-order valence-corrected chi connectivity index (χ1v) is 6.70. The highest BCUT2D eigenvalue weighted by atomic mass is 16.5. The Morgan fingerprint density at radius 2 is 2.15 bits per heavy atom. The lowest BCUT2D eigenvalue weighted by Gasteiger charge is -2.36. The molecule has 0 aliphatic carbocycles. The molecule has 0 spiro atoms. The van der Waals surface area contributed by atoms with Gasteiger partial charge in [-0.15, -0.1) is 0 Å². The average molecular weight is 283 g/mol. The van der Waals surface area contributed by atoms with Crippen molar-refractivity contribution in [2.24, 2.45) is 5.41 Å². The molecule has 2 aliphatic heterocycles. The number of rotatable bonds is 2. The lowest BCUT2D eigenvalue weighted by molar-refractivity contribution is -0.145. The van der Waals surface area contributed by atoms with Gasteiger partial charge in [-0.25, -0.2) is 4.79 Å². The van der Waals surface area contributed by atoms with E-state index in [1.54, 1.807) is 13.8 Å². The molecule has 112 valence electrons. The van der Waals surface area contributed by atoms with E-state index in [4.69, 9.17) is 9.47 Å². The zero-order valence-electron chi connectivity index (χ0n) is 12.5. The van der Waals surface area contributed by atoms with Crippen molar-refractivity contribution in [3.63, 3.8) is 0 Å². The van der Waals surface area contributed by atoms with E-state index >= 15 is 0 Å². The maximum absolute atomic E-state index is 12.5. The molecule has 0 aromatic rings. The lowest BCUT2D eigenvalue weighted by Crippen LogP contribution is -2.50. The van der Waals surface area contributed by atoms with Gasteiger partial charge in [-0.3, -0.25) is 9.69 Å². The van der Waals surface area contributed by atoms with Crippen LogP contribution < -0.4 is 0 Å². The summed E-state index contributed by atoms with van der Waals surface area (Å²) in [6.07, 6.45) is -0.492. The van der Waals surface area contributed by atoms with Crippen LogP contribution in [0.4, 0.5) is 0 Å². The second kappa shape index (κ2) is 4.48. The molecule has 2 heterocycles. The molecular formula is C14H21NO5.